The Morgan fingerprint density at radius 2 is 1.75 bits per heavy atom. The highest BCUT2D eigenvalue weighted by molar-refractivity contribution is 7.89. The van der Waals surface area contributed by atoms with Gasteiger partial charge in [0.25, 0.3) is 0 Å². The number of rotatable bonds is 4. The van der Waals surface area contributed by atoms with Gasteiger partial charge in [-0.15, -0.1) is 0 Å². The summed E-state index contributed by atoms with van der Waals surface area (Å²) in [6.07, 6.45) is 0. The smallest absolute Gasteiger partial charge is 0.243 e. The van der Waals surface area contributed by atoms with E-state index in [-0.39, 0.29) is 17.3 Å². The highest BCUT2D eigenvalue weighted by Gasteiger charge is 2.27. The molecular weight excluding hydrogens is 278 g/mol. The monoisotopic (exact) mass is 299 g/mol. The molecule has 0 saturated carbocycles. The number of hydrogen-bond acceptors (Lipinski definition) is 4. The lowest BCUT2D eigenvalue weighted by molar-refractivity contribution is -0.128. The molecule has 0 saturated heterocycles. The number of sulfonamides is 1. The normalized spacial score (nSPS) is 11.7. The van der Waals surface area contributed by atoms with E-state index in [9.17, 15) is 13.2 Å². The number of carbonyl (C=O) groups excluding carboxylic acids is 1. The second-order valence-corrected chi connectivity index (χ2v) is 6.96. The van der Waals surface area contributed by atoms with E-state index in [1.54, 1.807) is 40.1 Å². The molecule has 0 spiro atoms. The van der Waals surface area contributed by atoms with Gasteiger partial charge in [0.05, 0.1) is 11.4 Å². The Morgan fingerprint density at radius 1 is 1.20 bits per heavy atom. The third-order valence-electron chi connectivity index (χ3n) is 3.17. The first-order chi connectivity index (χ1) is 9.09. The predicted molar refractivity (Wildman–Crippen MR) is 78.8 cm³/mol. The summed E-state index contributed by atoms with van der Waals surface area (Å²) in [6, 6.07) is 3.34. The minimum atomic E-state index is -3.75. The Labute approximate surface area is 120 Å². The van der Waals surface area contributed by atoms with Crippen molar-refractivity contribution in [3.63, 3.8) is 0 Å². The standard InChI is InChI=1S/C13H21N3O3S/c1-9-6-7-11(14)10(2)13(9)20(18,19)16(5)8-12(17)15(3)4/h6-7H,8,14H2,1-5H3. The van der Waals surface area contributed by atoms with E-state index < -0.39 is 10.0 Å². The molecule has 0 atom stereocenters. The molecule has 1 aromatic carbocycles. The van der Waals surface area contributed by atoms with Crippen molar-refractivity contribution >= 4 is 21.6 Å². The van der Waals surface area contributed by atoms with E-state index >= 15 is 0 Å². The summed E-state index contributed by atoms with van der Waals surface area (Å²) in [5, 5.41) is 0. The average molecular weight is 299 g/mol. The lowest BCUT2D eigenvalue weighted by Gasteiger charge is -2.21. The summed E-state index contributed by atoms with van der Waals surface area (Å²) in [5.74, 6) is -0.282. The first-order valence-electron chi connectivity index (χ1n) is 6.11. The van der Waals surface area contributed by atoms with Crippen LogP contribution in [0.1, 0.15) is 11.1 Å². The Morgan fingerprint density at radius 3 is 2.25 bits per heavy atom. The van der Waals surface area contributed by atoms with Gasteiger partial charge in [-0.1, -0.05) is 6.07 Å². The van der Waals surface area contributed by atoms with E-state index in [0.717, 1.165) is 4.31 Å². The van der Waals surface area contributed by atoms with Gasteiger partial charge in [0.15, 0.2) is 0 Å². The summed E-state index contributed by atoms with van der Waals surface area (Å²) in [6.45, 7) is 3.17. The molecule has 6 nitrogen and oxygen atoms in total. The fraction of sp³-hybridized carbons (Fsp3) is 0.462. The van der Waals surface area contributed by atoms with Crippen LogP contribution >= 0.6 is 0 Å². The molecule has 2 N–H and O–H groups in total. The maximum absolute atomic E-state index is 12.6. The van der Waals surface area contributed by atoms with Gasteiger partial charge in [-0.3, -0.25) is 4.79 Å². The Kier molecular flexibility index (Phi) is 4.77. The number of anilines is 1. The molecule has 7 heteroatoms. The minimum absolute atomic E-state index is 0.173. The summed E-state index contributed by atoms with van der Waals surface area (Å²) >= 11 is 0. The van der Waals surface area contributed by atoms with Crippen LogP contribution in [0, 0.1) is 13.8 Å². The van der Waals surface area contributed by atoms with E-state index in [4.69, 9.17) is 5.73 Å². The minimum Gasteiger partial charge on any atom is -0.398 e. The zero-order chi connectivity index (χ0) is 15.7. The fourth-order valence-corrected chi connectivity index (χ4v) is 3.38. The first-order valence-corrected chi connectivity index (χ1v) is 7.55. The molecule has 112 valence electrons. The van der Waals surface area contributed by atoms with Gasteiger partial charge in [-0.25, -0.2) is 8.42 Å². The van der Waals surface area contributed by atoms with Crippen LogP contribution in [0.4, 0.5) is 5.69 Å². The molecule has 0 heterocycles. The number of nitrogens with two attached hydrogens (primary N) is 1. The van der Waals surface area contributed by atoms with Crippen molar-refractivity contribution in [2.45, 2.75) is 18.7 Å². The van der Waals surface area contributed by atoms with Gasteiger partial charge in [0.1, 0.15) is 0 Å². The molecule has 1 aromatic rings. The van der Waals surface area contributed by atoms with Crippen LogP contribution in [-0.4, -0.2) is 51.2 Å². The molecular formula is C13H21N3O3S. The van der Waals surface area contributed by atoms with Crippen LogP contribution in [0.5, 0.6) is 0 Å². The number of nitrogen functional groups attached to an aromatic ring is 1. The number of hydrogen-bond donors (Lipinski definition) is 1. The molecule has 0 radical (unpaired) electrons. The zero-order valence-electron chi connectivity index (χ0n) is 12.5. The molecule has 0 bridgehead atoms. The number of carbonyl (C=O) groups is 1. The van der Waals surface area contributed by atoms with Crippen molar-refractivity contribution in [1.82, 2.24) is 9.21 Å². The maximum atomic E-state index is 12.6. The summed E-state index contributed by atoms with van der Waals surface area (Å²) < 4.78 is 26.2. The highest BCUT2D eigenvalue weighted by Crippen LogP contribution is 2.26. The zero-order valence-corrected chi connectivity index (χ0v) is 13.3. The van der Waals surface area contributed by atoms with Crippen LogP contribution in [-0.2, 0) is 14.8 Å². The fourth-order valence-electron chi connectivity index (χ4n) is 1.81. The molecule has 0 aliphatic carbocycles. The molecule has 0 fully saturated rings. The highest BCUT2D eigenvalue weighted by atomic mass is 32.2. The van der Waals surface area contributed by atoms with Gasteiger partial charge in [0, 0.05) is 26.8 Å². The summed E-state index contributed by atoms with van der Waals surface area (Å²) in [4.78, 5) is 13.2. The van der Waals surface area contributed by atoms with Crippen molar-refractivity contribution in [2.24, 2.45) is 0 Å². The number of nitrogens with zero attached hydrogens (tertiary/aromatic N) is 2. The van der Waals surface area contributed by atoms with E-state index in [1.807, 2.05) is 0 Å². The second-order valence-electron chi connectivity index (χ2n) is 4.98. The quantitative estimate of drug-likeness (QED) is 0.825. The average Bonchev–Trinajstić information content (AvgIpc) is 2.33. The Bertz CT molecular complexity index is 624. The Hall–Kier alpha value is -1.60. The van der Waals surface area contributed by atoms with Crippen LogP contribution < -0.4 is 5.73 Å². The number of likely N-dealkylation sites (N-methyl/N-ethyl adjacent to an activating group) is 2. The van der Waals surface area contributed by atoms with Crippen molar-refractivity contribution in [3.05, 3.63) is 23.3 Å². The lowest BCUT2D eigenvalue weighted by atomic mass is 10.1. The maximum Gasteiger partial charge on any atom is 0.243 e. The van der Waals surface area contributed by atoms with Crippen molar-refractivity contribution in [3.8, 4) is 0 Å². The van der Waals surface area contributed by atoms with Crippen LogP contribution in [0.2, 0.25) is 0 Å². The second kappa shape index (κ2) is 5.80. The van der Waals surface area contributed by atoms with Gasteiger partial charge in [-0.05, 0) is 31.0 Å². The number of aryl methyl sites for hydroxylation is 1. The Balaban J connectivity index is 3.24. The molecule has 0 aliphatic rings. The molecule has 0 unspecified atom stereocenters. The SMILES string of the molecule is Cc1ccc(N)c(C)c1S(=O)(=O)N(C)CC(=O)N(C)C. The number of benzene rings is 1. The van der Waals surface area contributed by atoms with Gasteiger partial charge < -0.3 is 10.6 Å². The van der Waals surface area contributed by atoms with E-state index in [1.165, 1.54) is 11.9 Å². The first kappa shape index (κ1) is 16.5. The van der Waals surface area contributed by atoms with Gasteiger partial charge in [0.2, 0.25) is 15.9 Å². The largest absolute Gasteiger partial charge is 0.398 e. The number of amides is 1. The third kappa shape index (κ3) is 3.10. The van der Waals surface area contributed by atoms with Gasteiger partial charge in [-0.2, -0.15) is 4.31 Å². The van der Waals surface area contributed by atoms with Crippen LogP contribution in [0.3, 0.4) is 0 Å². The van der Waals surface area contributed by atoms with Crippen LogP contribution in [0.15, 0.2) is 17.0 Å². The molecule has 1 amide bonds. The van der Waals surface area contributed by atoms with Crippen molar-refractivity contribution < 1.29 is 13.2 Å². The third-order valence-corrected chi connectivity index (χ3v) is 5.26. The molecule has 20 heavy (non-hydrogen) atoms. The summed E-state index contributed by atoms with van der Waals surface area (Å²) in [5.41, 5.74) is 7.32. The van der Waals surface area contributed by atoms with E-state index in [0.29, 0.717) is 16.8 Å². The molecule has 0 aliphatic heterocycles. The predicted octanol–water partition coefficient (Wildman–Crippen LogP) is 0.594. The van der Waals surface area contributed by atoms with Crippen molar-refractivity contribution in [2.75, 3.05) is 33.4 Å². The van der Waals surface area contributed by atoms with E-state index in [2.05, 4.69) is 0 Å². The lowest BCUT2D eigenvalue weighted by Crippen LogP contribution is -2.38. The topological polar surface area (TPSA) is 83.7 Å². The molecule has 1 rings (SSSR count). The summed E-state index contributed by atoms with van der Waals surface area (Å²) in [7, 11) is 0.808. The van der Waals surface area contributed by atoms with Crippen LogP contribution in [0.25, 0.3) is 0 Å². The van der Waals surface area contributed by atoms with Gasteiger partial charge >= 0.3 is 0 Å². The van der Waals surface area contributed by atoms with Crippen molar-refractivity contribution in [1.29, 1.82) is 0 Å². The molecule has 0 aromatic heterocycles.